The fraction of sp³-hybridized carbons (Fsp3) is 0.429. The minimum atomic E-state index is -0.278. The molecular formula is C28H34BrN5O2. The third-order valence-corrected chi connectivity index (χ3v) is 9.06. The summed E-state index contributed by atoms with van der Waals surface area (Å²) in [6.07, 6.45) is 6.09. The monoisotopic (exact) mass is 551 g/mol. The zero-order valence-electron chi connectivity index (χ0n) is 21.5. The lowest BCUT2D eigenvalue weighted by Gasteiger charge is -2.50. The first-order valence-corrected chi connectivity index (χ1v) is 13.2. The highest BCUT2D eigenvalue weighted by atomic mass is 79.9. The second-order valence-corrected chi connectivity index (χ2v) is 11.3. The van der Waals surface area contributed by atoms with Crippen molar-refractivity contribution in [3.8, 4) is 5.69 Å². The van der Waals surface area contributed by atoms with Gasteiger partial charge in [0.15, 0.2) is 0 Å². The van der Waals surface area contributed by atoms with Gasteiger partial charge in [0, 0.05) is 30.5 Å². The molecule has 1 saturated carbocycles. The van der Waals surface area contributed by atoms with E-state index >= 15 is 0 Å². The van der Waals surface area contributed by atoms with E-state index in [1.807, 2.05) is 12.1 Å². The van der Waals surface area contributed by atoms with Crippen molar-refractivity contribution in [2.45, 2.75) is 53.6 Å². The summed E-state index contributed by atoms with van der Waals surface area (Å²) >= 11 is 3.51. The van der Waals surface area contributed by atoms with Gasteiger partial charge in [0.2, 0.25) is 0 Å². The molecule has 36 heavy (non-hydrogen) atoms. The van der Waals surface area contributed by atoms with Crippen molar-refractivity contribution in [3.05, 3.63) is 80.9 Å². The lowest BCUT2D eigenvalue weighted by molar-refractivity contribution is 0.0316. The number of nitrogens with zero attached hydrogens (tertiary/aromatic N) is 3. The first kappa shape index (κ1) is 26.1. The molecule has 8 heteroatoms. The molecule has 0 spiro atoms. The van der Waals surface area contributed by atoms with Crippen LogP contribution in [0.1, 0.15) is 57.0 Å². The van der Waals surface area contributed by atoms with Gasteiger partial charge in [0.25, 0.3) is 11.5 Å². The maximum absolute atomic E-state index is 13.2. The zero-order chi connectivity index (χ0) is 26.0. The zero-order valence-corrected chi connectivity index (χ0v) is 23.0. The molecule has 4 rings (SSSR count). The highest BCUT2D eigenvalue weighted by Crippen LogP contribution is 2.48. The van der Waals surface area contributed by atoms with Crippen molar-refractivity contribution in [1.82, 2.24) is 20.1 Å². The Morgan fingerprint density at radius 2 is 1.89 bits per heavy atom. The van der Waals surface area contributed by atoms with Crippen molar-refractivity contribution in [1.29, 1.82) is 0 Å². The third kappa shape index (κ3) is 5.24. The van der Waals surface area contributed by atoms with Crippen molar-refractivity contribution in [2.75, 3.05) is 5.32 Å². The highest BCUT2D eigenvalue weighted by molar-refractivity contribution is 9.10. The molecule has 0 saturated heterocycles. The smallest absolute Gasteiger partial charge is 0.287 e. The van der Waals surface area contributed by atoms with E-state index in [9.17, 15) is 9.59 Å². The number of carbonyl (C=O) groups is 1. The third-order valence-electron chi connectivity index (χ3n) is 8.29. The van der Waals surface area contributed by atoms with Crippen LogP contribution in [-0.2, 0) is 6.54 Å². The Kier molecular flexibility index (Phi) is 7.64. The van der Waals surface area contributed by atoms with E-state index in [0.29, 0.717) is 45.7 Å². The summed E-state index contributed by atoms with van der Waals surface area (Å²) in [5.41, 5.74) is 2.62. The Labute approximate surface area is 220 Å². The number of pyridine rings is 1. The van der Waals surface area contributed by atoms with E-state index in [0.717, 1.165) is 12.0 Å². The summed E-state index contributed by atoms with van der Waals surface area (Å²) in [7, 11) is 0. The molecule has 0 unspecified atom stereocenters. The molecule has 4 atom stereocenters. The van der Waals surface area contributed by atoms with Crippen LogP contribution in [0.4, 0.5) is 5.69 Å². The van der Waals surface area contributed by atoms with Crippen molar-refractivity contribution >= 4 is 27.5 Å². The van der Waals surface area contributed by atoms with Crippen LogP contribution in [-0.4, -0.2) is 26.7 Å². The number of benzene rings is 1. The molecule has 3 aromatic rings. The molecule has 1 aromatic carbocycles. The predicted molar refractivity (Wildman–Crippen MR) is 146 cm³/mol. The van der Waals surface area contributed by atoms with E-state index in [1.54, 1.807) is 42.9 Å². The maximum Gasteiger partial charge on any atom is 0.287 e. The molecule has 1 aliphatic carbocycles. The number of nitrogens with one attached hydrogen (secondary N) is 2. The van der Waals surface area contributed by atoms with E-state index in [-0.39, 0.29) is 22.9 Å². The van der Waals surface area contributed by atoms with Crippen LogP contribution in [0.25, 0.3) is 5.69 Å². The van der Waals surface area contributed by atoms with Crippen molar-refractivity contribution in [3.63, 3.8) is 0 Å². The molecule has 1 fully saturated rings. The highest BCUT2D eigenvalue weighted by Gasteiger charge is 2.43. The van der Waals surface area contributed by atoms with Crippen LogP contribution >= 0.6 is 15.9 Å². The first-order chi connectivity index (χ1) is 17.1. The lowest BCUT2D eigenvalue weighted by atomic mass is 9.58. The Hall–Kier alpha value is -3.00. The van der Waals surface area contributed by atoms with Gasteiger partial charge < -0.3 is 10.6 Å². The topological polar surface area (TPSA) is 88.9 Å². The van der Waals surface area contributed by atoms with Crippen LogP contribution in [0, 0.1) is 23.2 Å². The summed E-state index contributed by atoms with van der Waals surface area (Å²) in [6.45, 7) is 12.0. The second-order valence-electron chi connectivity index (χ2n) is 10.5. The van der Waals surface area contributed by atoms with Gasteiger partial charge in [0.05, 0.1) is 17.6 Å². The number of halogens is 1. The maximum atomic E-state index is 13.2. The van der Waals surface area contributed by atoms with Gasteiger partial charge in [0.1, 0.15) is 4.47 Å². The Morgan fingerprint density at radius 1 is 1.17 bits per heavy atom. The fourth-order valence-corrected chi connectivity index (χ4v) is 5.43. The van der Waals surface area contributed by atoms with Crippen LogP contribution < -0.4 is 16.2 Å². The second kappa shape index (κ2) is 10.5. The fourth-order valence-electron chi connectivity index (χ4n) is 5.05. The molecular weight excluding hydrogens is 518 g/mol. The van der Waals surface area contributed by atoms with Crippen LogP contribution in [0.3, 0.4) is 0 Å². The molecule has 7 nitrogen and oxygen atoms in total. The van der Waals surface area contributed by atoms with E-state index in [1.165, 1.54) is 4.68 Å². The number of hydrogen-bond donors (Lipinski definition) is 2. The predicted octanol–water partition coefficient (Wildman–Crippen LogP) is 5.44. The number of amides is 1. The molecule has 0 aliphatic heterocycles. The summed E-state index contributed by atoms with van der Waals surface area (Å²) in [5.74, 6) is 1.32. The van der Waals surface area contributed by atoms with E-state index in [4.69, 9.17) is 0 Å². The Balaban J connectivity index is 1.52. The van der Waals surface area contributed by atoms with Crippen molar-refractivity contribution in [2.24, 2.45) is 23.2 Å². The van der Waals surface area contributed by atoms with E-state index < -0.39 is 0 Å². The van der Waals surface area contributed by atoms with Crippen LogP contribution in [0.2, 0.25) is 0 Å². The Morgan fingerprint density at radius 3 is 2.61 bits per heavy atom. The number of hydrogen-bond acceptors (Lipinski definition) is 5. The summed E-state index contributed by atoms with van der Waals surface area (Å²) in [5, 5.41) is 10.9. The average Bonchev–Trinajstić information content (AvgIpc) is 2.88. The number of aromatic nitrogens is 3. The minimum Gasteiger partial charge on any atom is -0.380 e. The molecule has 2 aromatic heterocycles. The number of anilines is 1. The van der Waals surface area contributed by atoms with Gasteiger partial charge >= 0.3 is 0 Å². The summed E-state index contributed by atoms with van der Waals surface area (Å²) in [6, 6.07) is 10.9. The summed E-state index contributed by atoms with van der Waals surface area (Å²) in [4.78, 5) is 29.9. The van der Waals surface area contributed by atoms with Gasteiger partial charge in [-0.15, -0.1) is 0 Å². The average molecular weight is 553 g/mol. The number of carbonyl (C=O) groups excluding carboxylic acids is 1. The largest absolute Gasteiger partial charge is 0.380 e. The lowest BCUT2D eigenvalue weighted by Crippen LogP contribution is -2.48. The first-order valence-electron chi connectivity index (χ1n) is 12.4. The standard InChI is InChI=1S/C28H34BrN5O2/c1-17-13-23(18(2)19(3)28(17,4)5)33-24-16-32-34(27(36)25(24)29)22-8-6-7-21(14-22)26(35)31-15-20-9-11-30-12-10-20/h6-12,14,16-19,23,33H,13,15H2,1-5H3,(H,31,35)/t17-,18+,19+,23+/m0/s1. The van der Waals surface area contributed by atoms with E-state index in [2.05, 4.69) is 71.3 Å². The van der Waals surface area contributed by atoms with Gasteiger partial charge in [-0.1, -0.05) is 40.7 Å². The van der Waals surface area contributed by atoms with Crippen LogP contribution in [0.5, 0.6) is 0 Å². The quantitative estimate of drug-likeness (QED) is 0.425. The van der Waals surface area contributed by atoms with Crippen LogP contribution in [0.15, 0.2) is 64.3 Å². The van der Waals surface area contributed by atoms with Gasteiger partial charge in [-0.05, 0) is 81.4 Å². The van der Waals surface area contributed by atoms with Gasteiger partial charge in [-0.25, -0.2) is 0 Å². The molecule has 0 radical (unpaired) electrons. The van der Waals surface area contributed by atoms with Gasteiger partial charge in [-0.3, -0.25) is 14.6 Å². The molecule has 1 amide bonds. The molecule has 2 N–H and O–H groups in total. The van der Waals surface area contributed by atoms with Crippen molar-refractivity contribution < 1.29 is 4.79 Å². The summed E-state index contributed by atoms with van der Waals surface area (Å²) < 4.78 is 1.75. The Bertz CT molecular complexity index is 1290. The number of rotatable bonds is 6. The van der Waals surface area contributed by atoms with Gasteiger partial charge in [-0.2, -0.15) is 9.78 Å². The molecule has 1 aliphatic rings. The minimum absolute atomic E-state index is 0.225. The molecule has 2 heterocycles. The normalized spacial score (nSPS) is 23.2. The molecule has 190 valence electrons. The molecule has 0 bridgehead atoms. The SMILES string of the molecule is C[C@@H]1[C@@H](C)C(C)(C)[C@@H](C)C[C@H]1Nc1cnn(-c2cccc(C(=O)NCc3ccncc3)c2)c(=O)c1Br.